The lowest BCUT2D eigenvalue weighted by Crippen LogP contribution is -2.37. The number of nitrogens with zero attached hydrogens (tertiary/aromatic N) is 3. The number of fused-ring (bicyclic) bond motifs is 1. The maximum absolute atomic E-state index is 12.5. The first-order valence-corrected chi connectivity index (χ1v) is 10.2. The summed E-state index contributed by atoms with van der Waals surface area (Å²) in [6, 6.07) is 3.77. The Morgan fingerprint density at radius 1 is 1.23 bits per heavy atom. The number of rotatable bonds is 3. The van der Waals surface area contributed by atoms with Gasteiger partial charge in [0, 0.05) is 38.1 Å². The Kier molecular flexibility index (Phi) is 4.69. The zero-order chi connectivity index (χ0) is 18.1. The molecule has 26 heavy (non-hydrogen) atoms. The predicted molar refractivity (Wildman–Crippen MR) is 103 cm³/mol. The summed E-state index contributed by atoms with van der Waals surface area (Å²) in [6.07, 6.45) is 4.97. The van der Waals surface area contributed by atoms with Gasteiger partial charge in [-0.25, -0.2) is 4.98 Å². The van der Waals surface area contributed by atoms with Crippen LogP contribution in [0.4, 0.5) is 0 Å². The Balaban J connectivity index is 1.59. The summed E-state index contributed by atoms with van der Waals surface area (Å²) < 4.78 is 0. The van der Waals surface area contributed by atoms with Gasteiger partial charge < -0.3 is 10.2 Å². The van der Waals surface area contributed by atoms with E-state index in [0.717, 1.165) is 33.6 Å². The molecule has 1 aliphatic rings. The highest BCUT2D eigenvalue weighted by atomic mass is 32.1. The molecular formula is C18H18N4O2S2. The summed E-state index contributed by atoms with van der Waals surface area (Å²) in [5, 5.41) is 4.64. The summed E-state index contributed by atoms with van der Waals surface area (Å²) in [5.74, 6) is 0.210. The van der Waals surface area contributed by atoms with Gasteiger partial charge in [-0.1, -0.05) is 6.07 Å². The van der Waals surface area contributed by atoms with Crippen molar-refractivity contribution >= 4 is 44.8 Å². The minimum atomic E-state index is -0.0955. The van der Waals surface area contributed by atoms with Crippen LogP contribution in [-0.4, -0.2) is 46.8 Å². The molecule has 0 unspecified atom stereocenters. The average molecular weight is 387 g/mol. The number of aromatic nitrogens is 2. The van der Waals surface area contributed by atoms with E-state index in [-0.39, 0.29) is 17.7 Å². The van der Waals surface area contributed by atoms with E-state index in [1.54, 1.807) is 19.4 Å². The molecule has 1 fully saturated rings. The van der Waals surface area contributed by atoms with Crippen LogP contribution < -0.4 is 5.32 Å². The third-order valence-electron chi connectivity index (χ3n) is 4.72. The molecule has 4 heterocycles. The maximum atomic E-state index is 12.5. The van der Waals surface area contributed by atoms with E-state index in [1.807, 2.05) is 22.4 Å². The first-order chi connectivity index (χ1) is 12.7. The number of hydrogen-bond acceptors (Lipinski definition) is 6. The van der Waals surface area contributed by atoms with Crippen LogP contribution in [0.15, 0.2) is 29.9 Å². The Morgan fingerprint density at radius 2 is 2.00 bits per heavy atom. The summed E-state index contributed by atoms with van der Waals surface area (Å²) in [4.78, 5) is 37.9. The number of amides is 2. The molecule has 1 aliphatic heterocycles. The molecule has 0 saturated carbocycles. The lowest BCUT2D eigenvalue weighted by molar-refractivity contribution is 0.0717. The molecule has 3 aromatic rings. The van der Waals surface area contributed by atoms with E-state index in [4.69, 9.17) is 0 Å². The SMILES string of the molecule is CNC(=O)c1sc2nccnc2c1C1CCN(C(=O)c2cccs2)CC1. The zero-order valence-corrected chi connectivity index (χ0v) is 15.9. The van der Waals surface area contributed by atoms with Crippen LogP contribution in [0.25, 0.3) is 10.3 Å². The van der Waals surface area contributed by atoms with Gasteiger partial charge in [0.1, 0.15) is 10.3 Å². The molecule has 1 saturated heterocycles. The molecule has 0 aromatic carbocycles. The van der Waals surface area contributed by atoms with E-state index < -0.39 is 0 Å². The van der Waals surface area contributed by atoms with Crippen molar-refractivity contribution in [2.75, 3.05) is 20.1 Å². The molecular weight excluding hydrogens is 368 g/mol. The van der Waals surface area contributed by atoms with Crippen LogP contribution in [-0.2, 0) is 0 Å². The van der Waals surface area contributed by atoms with E-state index in [1.165, 1.54) is 22.7 Å². The van der Waals surface area contributed by atoms with Crippen molar-refractivity contribution in [3.05, 3.63) is 45.2 Å². The second-order valence-electron chi connectivity index (χ2n) is 6.18. The Labute approximate surface area is 158 Å². The number of carbonyl (C=O) groups excluding carboxylic acids is 2. The molecule has 0 aliphatic carbocycles. The van der Waals surface area contributed by atoms with Gasteiger partial charge in [0.05, 0.1) is 9.75 Å². The van der Waals surface area contributed by atoms with Crippen molar-refractivity contribution in [2.24, 2.45) is 0 Å². The lowest BCUT2D eigenvalue weighted by Gasteiger charge is -2.32. The molecule has 8 heteroatoms. The summed E-state index contributed by atoms with van der Waals surface area (Å²) in [6.45, 7) is 1.37. The van der Waals surface area contributed by atoms with Gasteiger partial charge >= 0.3 is 0 Å². The van der Waals surface area contributed by atoms with E-state index in [0.29, 0.717) is 18.0 Å². The summed E-state index contributed by atoms with van der Waals surface area (Å²) in [5.41, 5.74) is 1.81. The molecule has 0 bridgehead atoms. The Bertz CT molecular complexity index is 943. The second kappa shape index (κ2) is 7.13. The van der Waals surface area contributed by atoms with Gasteiger partial charge in [0.25, 0.3) is 11.8 Å². The van der Waals surface area contributed by atoms with Crippen LogP contribution in [0.3, 0.4) is 0 Å². The molecule has 1 N–H and O–H groups in total. The van der Waals surface area contributed by atoms with Crippen molar-refractivity contribution < 1.29 is 9.59 Å². The standard InChI is InChI=1S/C18H18N4O2S2/c1-19-16(23)15-13(14-17(26-15)21-7-6-20-14)11-4-8-22(9-5-11)18(24)12-3-2-10-25-12/h2-3,6-7,10-11H,4-5,8-9H2,1H3,(H,19,23). The van der Waals surface area contributed by atoms with Crippen LogP contribution in [0.5, 0.6) is 0 Å². The predicted octanol–water partition coefficient (Wildman–Crippen LogP) is 3.13. The highest BCUT2D eigenvalue weighted by Crippen LogP contribution is 2.39. The molecule has 0 radical (unpaired) electrons. The first kappa shape index (κ1) is 17.1. The van der Waals surface area contributed by atoms with Crippen molar-refractivity contribution in [2.45, 2.75) is 18.8 Å². The van der Waals surface area contributed by atoms with Crippen molar-refractivity contribution in [1.82, 2.24) is 20.2 Å². The van der Waals surface area contributed by atoms with Gasteiger partial charge in [-0.15, -0.1) is 22.7 Å². The molecule has 3 aromatic heterocycles. The smallest absolute Gasteiger partial charge is 0.263 e. The molecule has 2 amide bonds. The van der Waals surface area contributed by atoms with Gasteiger partial charge in [0.2, 0.25) is 0 Å². The number of carbonyl (C=O) groups is 2. The first-order valence-electron chi connectivity index (χ1n) is 8.47. The van der Waals surface area contributed by atoms with Gasteiger partial charge in [-0.3, -0.25) is 14.6 Å². The molecule has 0 atom stereocenters. The lowest BCUT2D eigenvalue weighted by atomic mass is 9.88. The molecule has 4 rings (SSSR count). The van der Waals surface area contributed by atoms with Crippen LogP contribution in [0.2, 0.25) is 0 Å². The van der Waals surface area contributed by atoms with Crippen LogP contribution in [0.1, 0.15) is 43.7 Å². The number of likely N-dealkylation sites (tertiary alicyclic amines) is 1. The maximum Gasteiger partial charge on any atom is 0.263 e. The second-order valence-corrected chi connectivity index (χ2v) is 8.12. The van der Waals surface area contributed by atoms with Gasteiger partial charge in [-0.05, 0) is 30.2 Å². The van der Waals surface area contributed by atoms with Crippen LogP contribution >= 0.6 is 22.7 Å². The van der Waals surface area contributed by atoms with E-state index in [9.17, 15) is 9.59 Å². The Morgan fingerprint density at radius 3 is 2.69 bits per heavy atom. The minimum absolute atomic E-state index is 0.0955. The fourth-order valence-corrected chi connectivity index (χ4v) is 5.26. The average Bonchev–Trinajstić information content (AvgIpc) is 3.35. The highest BCUT2D eigenvalue weighted by Gasteiger charge is 2.30. The zero-order valence-electron chi connectivity index (χ0n) is 14.3. The quantitative estimate of drug-likeness (QED) is 0.750. The third-order valence-corrected chi connectivity index (χ3v) is 6.68. The number of thiophene rings is 2. The van der Waals surface area contributed by atoms with Crippen LogP contribution in [0, 0.1) is 0 Å². The fraction of sp³-hybridized carbons (Fsp3) is 0.333. The van der Waals surface area contributed by atoms with Crippen molar-refractivity contribution in [3.8, 4) is 0 Å². The fourth-order valence-electron chi connectivity index (χ4n) is 3.43. The molecule has 0 spiro atoms. The largest absolute Gasteiger partial charge is 0.354 e. The Hall–Kier alpha value is -2.32. The van der Waals surface area contributed by atoms with E-state index >= 15 is 0 Å². The van der Waals surface area contributed by atoms with Crippen molar-refractivity contribution in [3.63, 3.8) is 0 Å². The van der Waals surface area contributed by atoms with Gasteiger partial charge in [-0.2, -0.15) is 0 Å². The summed E-state index contributed by atoms with van der Waals surface area (Å²) >= 11 is 2.86. The summed E-state index contributed by atoms with van der Waals surface area (Å²) in [7, 11) is 1.64. The van der Waals surface area contributed by atoms with Crippen molar-refractivity contribution in [1.29, 1.82) is 0 Å². The highest BCUT2D eigenvalue weighted by molar-refractivity contribution is 7.20. The molecule has 134 valence electrons. The van der Waals surface area contributed by atoms with Gasteiger partial charge in [0.15, 0.2) is 0 Å². The normalized spacial score (nSPS) is 15.3. The van der Waals surface area contributed by atoms with E-state index in [2.05, 4.69) is 15.3 Å². The molecule has 6 nitrogen and oxygen atoms in total. The third kappa shape index (κ3) is 2.99. The topological polar surface area (TPSA) is 75.2 Å². The monoisotopic (exact) mass is 386 g/mol. The number of hydrogen-bond donors (Lipinski definition) is 1. The number of piperidine rings is 1. The number of nitrogens with one attached hydrogen (secondary N) is 1. The minimum Gasteiger partial charge on any atom is -0.354 e.